The average Bonchev–Trinajstić information content (AvgIpc) is 2.38. The Morgan fingerprint density at radius 2 is 1.04 bits per heavy atom. The molecule has 0 heterocycles. The zero-order valence-electron chi connectivity index (χ0n) is 15.3. The average molecular weight is 383 g/mol. The monoisotopic (exact) mass is 382 g/mol. The van der Waals surface area contributed by atoms with Gasteiger partial charge in [-0.2, -0.15) is 0 Å². The van der Waals surface area contributed by atoms with Crippen molar-refractivity contribution >= 4 is 20.0 Å². The van der Waals surface area contributed by atoms with E-state index in [0.29, 0.717) is 0 Å². The minimum Gasteiger partial charge on any atom is -0.229 e. The Bertz CT molecular complexity index is 519. The fourth-order valence-corrected chi connectivity index (χ4v) is 4.54. The third-order valence-corrected chi connectivity index (χ3v) is 5.98. The van der Waals surface area contributed by atoms with Gasteiger partial charge in [0.05, 0.1) is 11.5 Å². The molecule has 4 N–H and O–H groups in total. The molecule has 0 aromatic rings. The highest BCUT2D eigenvalue weighted by atomic mass is 32.2. The van der Waals surface area contributed by atoms with Gasteiger partial charge in [0.15, 0.2) is 0 Å². The molecule has 0 aliphatic heterocycles. The van der Waals surface area contributed by atoms with Crippen molar-refractivity contribution in [2.75, 3.05) is 11.5 Å². The lowest BCUT2D eigenvalue weighted by Crippen LogP contribution is -2.25. The summed E-state index contributed by atoms with van der Waals surface area (Å²) in [5, 5.41) is 9.84. The Labute approximate surface area is 148 Å². The van der Waals surface area contributed by atoms with Gasteiger partial charge >= 0.3 is 0 Å². The molecular formula is C16H34N2O4S2. The van der Waals surface area contributed by atoms with Crippen molar-refractivity contribution in [2.45, 2.75) is 40.5 Å². The SMILES string of the molecule is C=C[C@@H](CC)[C@@H](C)CS(N)(=O)=O.C=C[C@H](CC)[C@H](C)CS(N)(=O)=O. The van der Waals surface area contributed by atoms with Crippen LogP contribution < -0.4 is 10.3 Å². The largest absolute Gasteiger partial charge is 0.229 e. The third-order valence-electron chi connectivity index (χ3n) is 4.00. The van der Waals surface area contributed by atoms with Gasteiger partial charge in [0, 0.05) is 0 Å². The molecule has 0 amide bonds. The van der Waals surface area contributed by atoms with Crippen LogP contribution in [0.25, 0.3) is 0 Å². The van der Waals surface area contributed by atoms with Gasteiger partial charge in [-0.3, -0.25) is 0 Å². The van der Waals surface area contributed by atoms with Crippen LogP contribution in [0.1, 0.15) is 40.5 Å². The number of hydrogen-bond acceptors (Lipinski definition) is 4. The number of hydrogen-bond donors (Lipinski definition) is 2. The molecule has 0 unspecified atom stereocenters. The highest BCUT2D eigenvalue weighted by Gasteiger charge is 2.17. The molecule has 6 nitrogen and oxygen atoms in total. The van der Waals surface area contributed by atoms with Gasteiger partial charge in [0.25, 0.3) is 0 Å². The van der Waals surface area contributed by atoms with E-state index in [1.807, 2.05) is 27.7 Å². The molecule has 0 saturated heterocycles. The molecule has 0 aromatic heterocycles. The predicted molar refractivity (Wildman–Crippen MR) is 102 cm³/mol. The Kier molecular flexibility index (Phi) is 12.5. The van der Waals surface area contributed by atoms with E-state index < -0.39 is 20.0 Å². The maximum absolute atomic E-state index is 10.7. The first kappa shape index (κ1) is 25.5. The van der Waals surface area contributed by atoms with Crippen LogP contribution in [0.15, 0.2) is 25.3 Å². The quantitative estimate of drug-likeness (QED) is 0.563. The fraction of sp³-hybridized carbons (Fsp3) is 0.750. The molecule has 0 radical (unpaired) electrons. The van der Waals surface area contributed by atoms with E-state index in [-0.39, 0.29) is 35.2 Å². The highest BCUT2D eigenvalue weighted by molar-refractivity contribution is 7.89. The van der Waals surface area contributed by atoms with Gasteiger partial charge in [-0.25, -0.2) is 27.1 Å². The molecular weight excluding hydrogens is 348 g/mol. The number of nitrogens with two attached hydrogens (primary N) is 2. The maximum Gasteiger partial charge on any atom is 0.209 e. The van der Waals surface area contributed by atoms with Crippen molar-refractivity contribution in [3.8, 4) is 0 Å². The number of sulfonamides is 2. The molecule has 0 saturated carbocycles. The fourth-order valence-electron chi connectivity index (χ4n) is 2.58. The van der Waals surface area contributed by atoms with Gasteiger partial charge < -0.3 is 0 Å². The van der Waals surface area contributed by atoms with Crippen LogP contribution in [0, 0.1) is 23.7 Å². The summed E-state index contributed by atoms with van der Waals surface area (Å²) in [6, 6.07) is 0. The molecule has 24 heavy (non-hydrogen) atoms. The van der Waals surface area contributed by atoms with Gasteiger partial charge in [-0.1, -0.05) is 39.8 Å². The molecule has 0 aliphatic rings. The summed E-state index contributed by atoms with van der Waals surface area (Å²) in [5.41, 5.74) is 0. The summed E-state index contributed by atoms with van der Waals surface area (Å²) < 4.78 is 42.9. The van der Waals surface area contributed by atoms with Crippen LogP contribution in [0.5, 0.6) is 0 Å². The number of rotatable bonds is 10. The minimum atomic E-state index is -3.34. The second-order valence-corrected chi connectivity index (χ2v) is 9.55. The Morgan fingerprint density at radius 1 is 0.792 bits per heavy atom. The molecule has 0 aliphatic carbocycles. The summed E-state index contributed by atoms with van der Waals surface area (Å²) >= 11 is 0. The van der Waals surface area contributed by atoms with Crippen LogP contribution in [0.2, 0.25) is 0 Å². The summed E-state index contributed by atoms with van der Waals surface area (Å²) in [6.07, 6.45) is 5.38. The summed E-state index contributed by atoms with van der Waals surface area (Å²) in [5.74, 6) is 0.673. The molecule has 144 valence electrons. The lowest BCUT2D eigenvalue weighted by molar-refractivity contribution is 0.450. The molecule has 0 aromatic carbocycles. The van der Waals surface area contributed by atoms with Crippen molar-refractivity contribution in [1.82, 2.24) is 0 Å². The van der Waals surface area contributed by atoms with Crippen LogP contribution in [-0.4, -0.2) is 28.3 Å². The van der Waals surface area contributed by atoms with Crippen molar-refractivity contribution in [1.29, 1.82) is 0 Å². The topological polar surface area (TPSA) is 120 Å². The van der Waals surface area contributed by atoms with Gasteiger partial charge in [0.2, 0.25) is 20.0 Å². The summed E-state index contributed by atoms with van der Waals surface area (Å²) in [7, 11) is -6.67. The molecule has 0 spiro atoms. The van der Waals surface area contributed by atoms with Crippen LogP contribution in [0.4, 0.5) is 0 Å². The van der Waals surface area contributed by atoms with Gasteiger partial charge in [0.1, 0.15) is 0 Å². The van der Waals surface area contributed by atoms with Crippen molar-refractivity contribution < 1.29 is 16.8 Å². The standard InChI is InChI=1S/2C8H17NO2S/c2*1-4-8(5-2)7(3)6-12(9,10)11/h2*4,7-8H,1,5-6H2,2-3H3,(H2,9,10,11)/t2*7-,8-/m10/s1. The maximum atomic E-state index is 10.7. The first-order valence-corrected chi connectivity index (χ1v) is 11.5. The molecule has 8 heteroatoms. The minimum absolute atomic E-state index is 0.0392. The van der Waals surface area contributed by atoms with Crippen molar-refractivity contribution in [2.24, 2.45) is 33.9 Å². The first-order valence-electron chi connectivity index (χ1n) is 8.07. The Morgan fingerprint density at radius 3 is 1.17 bits per heavy atom. The lowest BCUT2D eigenvalue weighted by Gasteiger charge is -2.17. The number of primary sulfonamides is 2. The molecule has 0 bridgehead atoms. The zero-order valence-corrected chi connectivity index (χ0v) is 16.9. The number of allylic oxidation sites excluding steroid dienone is 2. The molecule has 0 rings (SSSR count). The Hall–Kier alpha value is -0.700. The van der Waals surface area contributed by atoms with E-state index in [1.54, 1.807) is 12.2 Å². The van der Waals surface area contributed by atoms with Crippen LogP contribution >= 0.6 is 0 Å². The summed E-state index contributed by atoms with van der Waals surface area (Å²) in [6.45, 7) is 15.1. The summed E-state index contributed by atoms with van der Waals surface area (Å²) in [4.78, 5) is 0. The Balaban J connectivity index is 0. The lowest BCUT2D eigenvalue weighted by atomic mass is 9.93. The van der Waals surface area contributed by atoms with E-state index in [1.165, 1.54) is 0 Å². The van der Waals surface area contributed by atoms with Crippen LogP contribution in [-0.2, 0) is 20.0 Å². The van der Waals surface area contributed by atoms with Crippen LogP contribution in [0.3, 0.4) is 0 Å². The van der Waals surface area contributed by atoms with Crippen molar-refractivity contribution in [3.05, 3.63) is 25.3 Å². The zero-order chi connectivity index (χ0) is 19.6. The van der Waals surface area contributed by atoms with Gasteiger partial charge in [-0.15, -0.1) is 13.2 Å². The highest BCUT2D eigenvalue weighted by Crippen LogP contribution is 2.18. The second kappa shape index (κ2) is 11.8. The van der Waals surface area contributed by atoms with Gasteiger partial charge in [-0.05, 0) is 36.5 Å². The van der Waals surface area contributed by atoms with E-state index in [0.717, 1.165) is 12.8 Å². The molecule has 0 fully saturated rings. The van der Waals surface area contributed by atoms with E-state index in [9.17, 15) is 16.8 Å². The second-order valence-electron chi connectivity index (χ2n) is 6.23. The van der Waals surface area contributed by atoms with Crippen molar-refractivity contribution in [3.63, 3.8) is 0 Å². The normalized spacial score (nSPS) is 16.9. The van der Waals surface area contributed by atoms with E-state index in [2.05, 4.69) is 13.2 Å². The molecule has 4 atom stereocenters. The van der Waals surface area contributed by atoms with E-state index >= 15 is 0 Å². The third kappa shape index (κ3) is 13.7. The predicted octanol–water partition coefficient (Wildman–Crippen LogP) is 2.25. The smallest absolute Gasteiger partial charge is 0.209 e. The first-order chi connectivity index (χ1) is 10.8. The van der Waals surface area contributed by atoms with E-state index in [4.69, 9.17) is 10.3 Å².